The first-order chi connectivity index (χ1) is 6.31. The van der Waals surface area contributed by atoms with E-state index in [4.69, 9.17) is 5.11 Å². The van der Waals surface area contributed by atoms with Gasteiger partial charge in [0.25, 0.3) is 0 Å². The molecular weight excluding hydrogens is 275 g/mol. The molecule has 0 heterocycles. The van der Waals surface area contributed by atoms with Crippen molar-refractivity contribution in [3.05, 3.63) is 45.5 Å². The quantitative estimate of drug-likeness (QED) is 0.798. The first-order valence-corrected chi connectivity index (χ1v) is 5.17. The van der Waals surface area contributed by atoms with Gasteiger partial charge in [-0.05, 0) is 51.1 Å². The largest absolute Gasteiger partial charge is 0.392 e. The molecular formula is C11H9IO. The lowest BCUT2D eigenvalue weighted by Gasteiger charge is -2.02. The summed E-state index contributed by atoms with van der Waals surface area (Å²) in [5.41, 5.74) is 0.967. The Balaban J connectivity index is 2.72. The molecule has 1 nitrogen and oxygen atoms in total. The lowest BCUT2D eigenvalue weighted by Crippen LogP contribution is -1.83. The molecule has 2 rings (SSSR count). The molecule has 0 aromatic heterocycles. The molecule has 0 aliphatic carbocycles. The number of rotatable bonds is 1. The lowest BCUT2D eigenvalue weighted by molar-refractivity contribution is 0.282. The SMILES string of the molecule is OCc1ccc2c(I)cccc2c1. The van der Waals surface area contributed by atoms with E-state index in [1.165, 1.54) is 14.3 Å². The molecule has 0 unspecified atom stereocenters. The average Bonchev–Trinajstić information content (AvgIpc) is 2.18. The predicted molar refractivity (Wildman–Crippen MR) is 62.6 cm³/mol. The molecule has 0 radical (unpaired) electrons. The van der Waals surface area contributed by atoms with Gasteiger partial charge in [0.05, 0.1) is 6.61 Å². The zero-order valence-electron chi connectivity index (χ0n) is 7.00. The summed E-state index contributed by atoms with van der Waals surface area (Å²) in [6, 6.07) is 12.2. The van der Waals surface area contributed by atoms with Crippen LogP contribution in [0.2, 0.25) is 0 Å². The summed E-state index contributed by atoms with van der Waals surface area (Å²) < 4.78 is 1.25. The van der Waals surface area contributed by atoms with Gasteiger partial charge in [0, 0.05) is 3.57 Å². The van der Waals surface area contributed by atoms with Crippen LogP contribution in [0.25, 0.3) is 10.8 Å². The van der Waals surface area contributed by atoms with E-state index in [9.17, 15) is 0 Å². The van der Waals surface area contributed by atoms with Crippen molar-refractivity contribution in [3.8, 4) is 0 Å². The summed E-state index contributed by atoms with van der Waals surface area (Å²) >= 11 is 2.32. The van der Waals surface area contributed by atoms with Crippen molar-refractivity contribution in [2.24, 2.45) is 0 Å². The van der Waals surface area contributed by atoms with Gasteiger partial charge in [0.2, 0.25) is 0 Å². The van der Waals surface area contributed by atoms with Crippen LogP contribution in [0.3, 0.4) is 0 Å². The minimum absolute atomic E-state index is 0.113. The van der Waals surface area contributed by atoms with Gasteiger partial charge in [-0.1, -0.05) is 24.3 Å². The zero-order valence-corrected chi connectivity index (χ0v) is 9.15. The third-order valence-electron chi connectivity index (χ3n) is 2.07. The van der Waals surface area contributed by atoms with E-state index >= 15 is 0 Å². The Kier molecular flexibility index (Phi) is 2.51. The van der Waals surface area contributed by atoms with Crippen LogP contribution in [0.4, 0.5) is 0 Å². The summed E-state index contributed by atoms with van der Waals surface area (Å²) in [7, 11) is 0. The molecule has 2 heteroatoms. The van der Waals surface area contributed by atoms with Crippen LogP contribution in [-0.2, 0) is 6.61 Å². The number of hydrogen-bond acceptors (Lipinski definition) is 1. The summed E-state index contributed by atoms with van der Waals surface area (Å²) in [5, 5.41) is 11.4. The topological polar surface area (TPSA) is 20.2 Å². The number of hydrogen-bond donors (Lipinski definition) is 1. The second-order valence-electron chi connectivity index (χ2n) is 2.95. The Morgan fingerprint density at radius 3 is 2.77 bits per heavy atom. The van der Waals surface area contributed by atoms with Crippen LogP contribution in [0.5, 0.6) is 0 Å². The molecule has 2 aromatic carbocycles. The minimum atomic E-state index is 0.113. The van der Waals surface area contributed by atoms with Crippen molar-refractivity contribution in [3.63, 3.8) is 0 Å². The third-order valence-corrected chi connectivity index (χ3v) is 3.01. The standard InChI is InChI=1S/C11H9IO/c12-11-3-1-2-9-6-8(7-13)4-5-10(9)11/h1-6,13H,7H2. The zero-order chi connectivity index (χ0) is 9.26. The fourth-order valence-electron chi connectivity index (χ4n) is 1.39. The third kappa shape index (κ3) is 1.69. The van der Waals surface area contributed by atoms with Crippen LogP contribution in [0.15, 0.2) is 36.4 Å². The smallest absolute Gasteiger partial charge is 0.0682 e. The van der Waals surface area contributed by atoms with Crippen molar-refractivity contribution in [2.45, 2.75) is 6.61 Å². The van der Waals surface area contributed by atoms with Crippen molar-refractivity contribution in [1.29, 1.82) is 0 Å². The molecule has 0 spiro atoms. The molecule has 0 fully saturated rings. The summed E-state index contributed by atoms with van der Waals surface area (Å²) in [6.07, 6.45) is 0. The number of aliphatic hydroxyl groups is 1. The van der Waals surface area contributed by atoms with Crippen LogP contribution in [0, 0.1) is 3.57 Å². The summed E-state index contributed by atoms with van der Waals surface area (Å²) in [4.78, 5) is 0. The highest BCUT2D eigenvalue weighted by molar-refractivity contribution is 14.1. The van der Waals surface area contributed by atoms with Gasteiger partial charge in [0.1, 0.15) is 0 Å². The highest BCUT2D eigenvalue weighted by Crippen LogP contribution is 2.21. The van der Waals surface area contributed by atoms with Gasteiger partial charge in [-0.3, -0.25) is 0 Å². The lowest BCUT2D eigenvalue weighted by atomic mass is 10.1. The number of aliphatic hydroxyl groups excluding tert-OH is 1. The van der Waals surface area contributed by atoms with Crippen molar-refractivity contribution < 1.29 is 5.11 Å². The second kappa shape index (κ2) is 3.64. The molecule has 0 saturated heterocycles. The number of fused-ring (bicyclic) bond motifs is 1. The van der Waals surface area contributed by atoms with E-state index in [-0.39, 0.29) is 6.61 Å². The van der Waals surface area contributed by atoms with Crippen molar-refractivity contribution in [2.75, 3.05) is 0 Å². The molecule has 13 heavy (non-hydrogen) atoms. The highest BCUT2D eigenvalue weighted by atomic mass is 127. The molecule has 0 bridgehead atoms. The van der Waals surface area contributed by atoms with Crippen LogP contribution in [-0.4, -0.2) is 5.11 Å². The molecule has 0 atom stereocenters. The van der Waals surface area contributed by atoms with Crippen LogP contribution < -0.4 is 0 Å². The van der Waals surface area contributed by atoms with Gasteiger partial charge in [-0.2, -0.15) is 0 Å². The monoisotopic (exact) mass is 284 g/mol. The van der Waals surface area contributed by atoms with Gasteiger partial charge in [-0.15, -0.1) is 0 Å². The maximum Gasteiger partial charge on any atom is 0.0682 e. The number of benzene rings is 2. The fourth-order valence-corrected chi connectivity index (χ4v) is 2.09. The normalized spacial score (nSPS) is 10.6. The minimum Gasteiger partial charge on any atom is -0.392 e. The molecule has 0 amide bonds. The van der Waals surface area contributed by atoms with E-state index < -0.39 is 0 Å². The maximum atomic E-state index is 8.96. The predicted octanol–water partition coefficient (Wildman–Crippen LogP) is 2.94. The first kappa shape index (κ1) is 8.97. The van der Waals surface area contributed by atoms with E-state index in [1.54, 1.807) is 0 Å². The molecule has 1 N–H and O–H groups in total. The Labute approximate surface area is 90.5 Å². The molecule has 66 valence electrons. The Bertz CT molecular complexity index is 437. The highest BCUT2D eigenvalue weighted by Gasteiger charge is 1.98. The maximum absolute atomic E-state index is 8.96. The van der Waals surface area contributed by atoms with Gasteiger partial charge in [-0.25, -0.2) is 0 Å². The number of halogens is 1. The van der Waals surface area contributed by atoms with Gasteiger partial charge in [0.15, 0.2) is 0 Å². The Hall–Kier alpha value is -0.610. The average molecular weight is 284 g/mol. The van der Waals surface area contributed by atoms with E-state index in [0.717, 1.165) is 5.56 Å². The van der Waals surface area contributed by atoms with Gasteiger partial charge >= 0.3 is 0 Å². The second-order valence-corrected chi connectivity index (χ2v) is 4.12. The van der Waals surface area contributed by atoms with Crippen LogP contribution in [0.1, 0.15) is 5.56 Å². The fraction of sp³-hybridized carbons (Fsp3) is 0.0909. The van der Waals surface area contributed by atoms with Crippen LogP contribution >= 0.6 is 22.6 Å². The van der Waals surface area contributed by atoms with E-state index in [0.29, 0.717) is 0 Å². The molecule has 0 aliphatic heterocycles. The Morgan fingerprint density at radius 1 is 1.15 bits per heavy atom. The molecule has 2 aromatic rings. The van der Waals surface area contributed by atoms with E-state index in [1.807, 2.05) is 18.2 Å². The molecule has 0 saturated carbocycles. The van der Waals surface area contributed by atoms with E-state index in [2.05, 4.69) is 40.8 Å². The van der Waals surface area contributed by atoms with Crippen molar-refractivity contribution >= 4 is 33.4 Å². The first-order valence-electron chi connectivity index (χ1n) is 4.09. The van der Waals surface area contributed by atoms with Gasteiger partial charge < -0.3 is 5.11 Å². The molecule has 0 aliphatic rings. The Morgan fingerprint density at radius 2 is 2.00 bits per heavy atom. The summed E-state index contributed by atoms with van der Waals surface area (Å²) in [6.45, 7) is 0.113. The van der Waals surface area contributed by atoms with Crippen molar-refractivity contribution in [1.82, 2.24) is 0 Å². The summed E-state index contributed by atoms with van der Waals surface area (Å²) in [5.74, 6) is 0.